The number of carboxylic acid groups (broad SMARTS) is 1. The van der Waals surface area contributed by atoms with Crippen LogP contribution in [0.15, 0.2) is 30.4 Å². The molecule has 1 aromatic carbocycles. The van der Waals surface area contributed by atoms with Crippen molar-refractivity contribution in [2.45, 2.75) is 18.4 Å². The number of rotatable bonds is 3. The third-order valence-electron chi connectivity index (χ3n) is 4.04. The van der Waals surface area contributed by atoms with Gasteiger partial charge in [0, 0.05) is 0 Å². The second kappa shape index (κ2) is 5.59. The van der Waals surface area contributed by atoms with Crippen LogP contribution < -0.4 is 5.32 Å². The molecular weight excluding hydrogens is 334 g/mol. The van der Waals surface area contributed by atoms with Crippen LogP contribution in [0.2, 0.25) is 0 Å². The summed E-state index contributed by atoms with van der Waals surface area (Å²) in [6.45, 7) is 0. The van der Waals surface area contributed by atoms with Crippen LogP contribution in [0.5, 0.6) is 0 Å². The zero-order valence-corrected chi connectivity index (χ0v) is 11.9. The zero-order valence-electron chi connectivity index (χ0n) is 11.9. The van der Waals surface area contributed by atoms with Crippen LogP contribution in [0.25, 0.3) is 0 Å². The molecule has 0 aliphatic carbocycles. The van der Waals surface area contributed by atoms with Gasteiger partial charge in [0.2, 0.25) is 5.91 Å². The fourth-order valence-corrected chi connectivity index (χ4v) is 2.93. The van der Waals surface area contributed by atoms with Gasteiger partial charge < -0.3 is 15.2 Å². The first-order valence-corrected chi connectivity index (χ1v) is 6.92. The highest BCUT2D eigenvalue weighted by atomic mass is 19.4. The maximum absolute atomic E-state index is 13.7. The fraction of sp³-hybridized carbons (Fsp3) is 0.333. The molecular formula is C15H11F4NO4. The van der Waals surface area contributed by atoms with E-state index < -0.39 is 59.2 Å². The second-order valence-electron chi connectivity index (χ2n) is 5.52. The zero-order chi connectivity index (χ0) is 17.6. The van der Waals surface area contributed by atoms with Gasteiger partial charge in [-0.15, -0.1) is 0 Å². The molecule has 2 N–H and O–H groups in total. The molecule has 1 saturated heterocycles. The Morgan fingerprint density at radius 1 is 1.12 bits per heavy atom. The quantitative estimate of drug-likeness (QED) is 0.652. The monoisotopic (exact) mass is 345 g/mol. The number of hydrogen-bond donors (Lipinski definition) is 2. The maximum Gasteiger partial charge on any atom is 0.416 e. The van der Waals surface area contributed by atoms with Crippen molar-refractivity contribution in [1.82, 2.24) is 0 Å². The Morgan fingerprint density at radius 3 is 2.33 bits per heavy atom. The number of nitrogens with one attached hydrogen (secondary N) is 1. The van der Waals surface area contributed by atoms with Gasteiger partial charge in [0.15, 0.2) is 0 Å². The number of carbonyl (C=O) groups is 2. The number of benzene rings is 1. The predicted octanol–water partition coefficient (Wildman–Crippen LogP) is 2.44. The number of carboxylic acids is 1. The Labute approximate surface area is 132 Å². The molecule has 24 heavy (non-hydrogen) atoms. The normalized spacial score (nSPS) is 28.2. The number of carbonyl (C=O) groups excluding carboxylic acids is 1. The molecule has 1 aromatic rings. The van der Waals surface area contributed by atoms with Crippen LogP contribution in [0.1, 0.15) is 5.56 Å². The lowest BCUT2D eigenvalue weighted by atomic mass is 9.82. The third kappa shape index (κ3) is 2.75. The summed E-state index contributed by atoms with van der Waals surface area (Å²) in [6.07, 6.45) is -3.26. The largest absolute Gasteiger partial charge is 0.481 e. The standard InChI is InChI=1S/C15H11F4NO4/c16-7-2-1-6(15(17,18)19)5-8(7)20-13(21)11-9-3-4-10(24-9)12(11)14(22)23/h1-5,9-12H,(H,20,21)(H,22,23)/t9-,10+,11+,12-/m0/s1. The van der Waals surface area contributed by atoms with Gasteiger partial charge in [-0.05, 0) is 18.2 Å². The molecule has 3 rings (SSSR count). The Balaban J connectivity index is 1.85. The molecule has 0 unspecified atom stereocenters. The average Bonchev–Trinajstić information content (AvgIpc) is 3.08. The van der Waals surface area contributed by atoms with Gasteiger partial charge in [0.1, 0.15) is 11.7 Å². The number of fused-ring (bicyclic) bond motifs is 2. The molecule has 0 radical (unpaired) electrons. The van der Waals surface area contributed by atoms with Gasteiger partial charge in [-0.25, -0.2) is 4.39 Å². The molecule has 1 amide bonds. The van der Waals surface area contributed by atoms with Gasteiger partial charge in [0.25, 0.3) is 0 Å². The lowest BCUT2D eigenvalue weighted by Crippen LogP contribution is -2.39. The highest BCUT2D eigenvalue weighted by molar-refractivity contribution is 5.96. The minimum atomic E-state index is -4.70. The van der Waals surface area contributed by atoms with Crippen LogP contribution in [0.4, 0.5) is 23.2 Å². The van der Waals surface area contributed by atoms with Crippen molar-refractivity contribution in [3.05, 3.63) is 41.7 Å². The lowest BCUT2D eigenvalue weighted by Gasteiger charge is -2.21. The first-order chi connectivity index (χ1) is 11.2. The van der Waals surface area contributed by atoms with Gasteiger partial charge >= 0.3 is 12.1 Å². The van der Waals surface area contributed by atoms with Crippen LogP contribution in [-0.4, -0.2) is 29.2 Å². The summed E-state index contributed by atoms with van der Waals surface area (Å²) >= 11 is 0. The molecule has 4 atom stereocenters. The van der Waals surface area contributed by atoms with Gasteiger partial charge in [-0.2, -0.15) is 13.2 Å². The molecule has 0 aromatic heterocycles. The van der Waals surface area contributed by atoms with E-state index in [-0.39, 0.29) is 0 Å². The Kier molecular flexibility index (Phi) is 3.83. The molecule has 2 bridgehead atoms. The van der Waals surface area contributed by atoms with Crippen LogP contribution >= 0.6 is 0 Å². The van der Waals surface area contributed by atoms with Crippen molar-refractivity contribution in [2.75, 3.05) is 5.32 Å². The summed E-state index contributed by atoms with van der Waals surface area (Å²) in [7, 11) is 0. The molecule has 9 heteroatoms. The average molecular weight is 345 g/mol. The molecule has 2 aliphatic heterocycles. The smallest absolute Gasteiger partial charge is 0.416 e. The number of alkyl halides is 3. The van der Waals surface area contributed by atoms with E-state index in [0.717, 1.165) is 0 Å². The maximum atomic E-state index is 13.7. The van der Waals surface area contributed by atoms with E-state index in [1.807, 2.05) is 5.32 Å². The van der Waals surface area contributed by atoms with E-state index in [4.69, 9.17) is 4.74 Å². The van der Waals surface area contributed by atoms with Crippen molar-refractivity contribution in [3.8, 4) is 0 Å². The van der Waals surface area contributed by atoms with E-state index in [1.165, 1.54) is 12.2 Å². The third-order valence-corrected chi connectivity index (χ3v) is 4.04. The Morgan fingerprint density at radius 2 is 1.75 bits per heavy atom. The van der Waals surface area contributed by atoms with Crippen LogP contribution in [-0.2, 0) is 20.5 Å². The van der Waals surface area contributed by atoms with Crippen LogP contribution in [0.3, 0.4) is 0 Å². The molecule has 0 spiro atoms. The van der Waals surface area contributed by atoms with Crippen molar-refractivity contribution in [3.63, 3.8) is 0 Å². The predicted molar refractivity (Wildman–Crippen MR) is 72.4 cm³/mol. The summed E-state index contributed by atoms with van der Waals surface area (Å²) in [6, 6.07) is 1.60. The summed E-state index contributed by atoms with van der Waals surface area (Å²) < 4.78 is 57.1. The van der Waals surface area contributed by atoms with E-state index in [0.29, 0.717) is 18.2 Å². The summed E-state index contributed by atoms with van der Waals surface area (Å²) in [5.74, 6) is -5.54. The van der Waals surface area contributed by atoms with Crippen molar-refractivity contribution in [2.24, 2.45) is 11.8 Å². The number of halogens is 4. The van der Waals surface area contributed by atoms with Crippen LogP contribution in [0, 0.1) is 17.7 Å². The summed E-state index contributed by atoms with van der Waals surface area (Å²) in [5, 5.41) is 11.3. The number of aliphatic carboxylic acids is 1. The Bertz CT molecular complexity index is 731. The molecule has 5 nitrogen and oxygen atoms in total. The molecule has 128 valence electrons. The van der Waals surface area contributed by atoms with E-state index in [9.17, 15) is 32.3 Å². The van der Waals surface area contributed by atoms with Gasteiger partial charge in [-0.1, -0.05) is 12.2 Å². The van der Waals surface area contributed by atoms with Gasteiger partial charge in [-0.3, -0.25) is 9.59 Å². The number of anilines is 1. The topological polar surface area (TPSA) is 75.6 Å². The molecule has 0 saturated carbocycles. The summed E-state index contributed by atoms with van der Waals surface area (Å²) in [5.41, 5.74) is -1.79. The SMILES string of the molecule is O=C(O)[C@@H]1[C@H](C(=O)Nc2cc(C(F)(F)F)ccc2F)[C@@H]2C=C[C@H]1O2. The molecule has 2 heterocycles. The van der Waals surface area contributed by atoms with Crippen molar-refractivity contribution < 1.29 is 37.0 Å². The second-order valence-corrected chi connectivity index (χ2v) is 5.52. The highest BCUT2D eigenvalue weighted by Crippen LogP contribution is 2.40. The molecule has 1 fully saturated rings. The number of ether oxygens (including phenoxy) is 1. The lowest BCUT2D eigenvalue weighted by molar-refractivity contribution is -0.145. The number of hydrogen-bond acceptors (Lipinski definition) is 3. The first-order valence-electron chi connectivity index (χ1n) is 6.92. The minimum Gasteiger partial charge on any atom is -0.481 e. The number of amides is 1. The summed E-state index contributed by atoms with van der Waals surface area (Å²) in [4.78, 5) is 23.6. The van der Waals surface area contributed by atoms with Gasteiger partial charge in [0.05, 0.1) is 29.4 Å². The van der Waals surface area contributed by atoms with E-state index >= 15 is 0 Å². The first kappa shape index (κ1) is 16.4. The van der Waals surface area contributed by atoms with Crippen molar-refractivity contribution in [1.29, 1.82) is 0 Å². The molecule has 2 aliphatic rings. The fourth-order valence-electron chi connectivity index (χ4n) is 2.93. The minimum absolute atomic E-state index is 0.465. The van der Waals surface area contributed by atoms with E-state index in [1.54, 1.807) is 0 Å². The van der Waals surface area contributed by atoms with E-state index in [2.05, 4.69) is 0 Å². The highest BCUT2D eigenvalue weighted by Gasteiger charge is 2.53. The van der Waals surface area contributed by atoms with Crippen molar-refractivity contribution >= 4 is 17.6 Å². The Hall–Kier alpha value is -2.42.